The third-order valence-electron chi connectivity index (χ3n) is 5.04. The predicted molar refractivity (Wildman–Crippen MR) is 135 cm³/mol. The van der Waals surface area contributed by atoms with Crippen molar-refractivity contribution in [1.29, 1.82) is 0 Å². The Bertz CT molecular complexity index is 1400. The summed E-state index contributed by atoms with van der Waals surface area (Å²) in [5.74, 6) is 1.71. The Kier molecular flexibility index (Phi) is 7.11. The Morgan fingerprint density at radius 3 is 2.70 bits per heavy atom. The lowest BCUT2D eigenvalue weighted by Gasteiger charge is -2.12. The first kappa shape index (κ1) is 23.0. The van der Waals surface area contributed by atoms with Crippen LogP contribution in [0.4, 0.5) is 0 Å². The van der Waals surface area contributed by atoms with Gasteiger partial charge in [-0.1, -0.05) is 52.7 Å². The van der Waals surface area contributed by atoms with Crippen LogP contribution < -0.4 is 15.0 Å². The number of aromatic nitrogens is 2. The van der Waals surface area contributed by atoms with Gasteiger partial charge in [0, 0.05) is 21.5 Å². The van der Waals surface area contributed by atoms with E-state index >= 15 is 0 Å². The van der Waals surface area contributed by atoms with Gasteiger partial charge in [-0.2, -0.15) is 9.78 Å². The minimum absolute atomic E-state index is 0.221. The second-order valence-electron chi connectivity index (χ2n) is 7.19. The molecule has 0 spiro atoms. The van der Waals surface area contributed by atoms with Gasteiger partial charge in [-0.05, 0) is 48.0 Å². The number of benzene rings is 3. The summed E-state index contributed by atoms with van der Waals surface area (Å²) in [7, 11) is 1.57. The molecule has 0 fully saturated rings. The van der Waals surface area contributed by atoms with Gasteiger partial charge in [0.2, 0.25) is 0 Å². The molecule has 0 aliphatic heterocycles. The fourth-order valence-corrected chi connectivity index (χ4v) is 3.87. The lowest BCUT2D eigenvalue weighted by atomic mass is 10.2. The minimum Gasteiger partial charge on any atom is -0.493 e. The summed E-state index contributed by atoms with van der Waals surface area (Å²) in [5.41, 5.74) is 2.06. The summed E-state index contributed by atoms with van der Waals surface area (Å²) >= 11 is 9.62. The monoisotopic (exact) mass is 525 g/mol. The Hall–Kier alpha value is -3.16. The van der Waals surface area contributed by atoms with Crippen LogP contribution in [0.3, 0.4) is 0 Å². The SMILES string of the molecule is CCc1nc2ccc(Br)cc2c(=O)n1N=Cc1ccc(OCc2ccccc2Cl)c(OC)c1. The fraction of sp³-hybridized carbons (Fsp3) is 0.160. The van der Waals surface area contributed by atoms with E-state index in [-0.39, 0.29) is 5.56 Å². The van der Waals surface area contributed by atoms with Gasteiger partial charge in [-0.3, -0.25) is 4.79 Å². The molecular weight excluding hydrogens is 506 g/mol. The van der Waals surface area contributed by atoms with Crippen molar-refractivity contribution < 1.29 is 9.47 Å². The van der Waals surface area contributed by atoms with E-state index in [2.05, 4.69) is 26.0 Å². The second kappa shape index (κ2) is 10.2. The molecular formula is C25H21BrClN3O3. The van der Waals surface area contributed by atoms with E-state index in [0.717, 1.165) is 15.6 Å². The summed E-state index contributed by atoms with van der Waals surface area (Å²) in [5, 5.41) is 5.57. The molecule has 0 saturated carbocycles. The van der Waals surface area contributed by atoms with Gasteiger partial charge in [0.25, 0.3) is 5.56 Å². The first-order chi connectivity index (χ1) is 16.0. The van der Waals surface area contributed by atoms with Crippen molar-refractivity contribution in [3.8, 4) is 11.5 Å². The van der Waals surface area contributed by atoms with Crippen molar-refractivity contribution in [2.75, 3.05) is 7.11 Å². The number of rotatable bonds is 7. The highest BCUT2D eigenvalue weighted by atomic mass is 79.9. The maximum absolute atomic E-state index is 13.0. The van der Waals surface area contributed by atoms with Crippen LogP contribution in [0, 0.1) is 0 Å². The van der Waals surface area contributed by atoms with Gasteiger partial charge in [-0.15, -0.1) is 0 Å². The van der Waals surface area contributed by atoms with Gasteiger partial charge >= 0.3 is 0 Å². The zero-order valence-electron chi connectivity index (χ0n) is 18.1. The molecule has 33 heavy (non-hydrogen) atoms. The molecule has 0 aliphatic carbocycles. The number of fused-ring (bicyclic) bond motifs is 1. The van der Waals surface area contributed by atoms with Crippen LogP contribution in [0.15, 0.2) is 75.0 Å². The lowest BCUT2D eigenvalue weighted by Crippen LogP contribution is -2.22. The standard InChI is InChI=1S/C25H21BrClN3O3/c1-3-24-29-21-10-9-18(26)13-19(21)25(31)30(24)28-14-16-8-11-22(23(12-16)32-2)33-15-17-6-4-5-7-20(17)27/h4-14H,3,15H2,1-2H3. The maximum atomic E-state index is 13.0. The second-order valence-corrected chi connectivity index (χ2v) is 8.52. The van der Waals surface area contributed by atoms with Gasteiger partial charge < -0.3 is 9.47 Å². The van der Waals surface area contributed by atoms with Crippen molar-refractivity contribution in [3.05, 3.63) is 97.5 Å². The summed E-state index contributed by atoms with van der Waals surface area (Å²) in [4.78, 5) is 17.6. The fourth-order valence-electron chi connectivity index (χ4n) is 3.32. The molecule has 0 atom stereocenters. The Morgan fingerprint density at radius 2 is 1.94 bits per heavy atom. The highest BCUT2D eigenvalue weighted by molar-refractivity contribution is 9.10. The van der Waals surface area contributed by atoms with Crippen LogP contribution in [0.5, 0.6) is 11.5 Å². The molecule has 6 nitrogen and oxygen atoms in total. The molecule has 0 radical (unpaired) electrons. The molecule has 4 aromatic rings. The van der Waals surface area contributed by atoms with Crippen molar-refractivity contribution >= 4 is 44.6 Å². The normalized spacial score (nSPS) is 11.3. The average molecular weight is 527 g/mol. The molecule has 0 bridgehead atoms. The third kappa shape index (κ3) is 5.10. The molecule has 0 aliphatic rings. The summed E-state index contributed by atoms with van der Waals surface area (Å²) in [6.07, 6.45) is 2.17. The number of hydrogen-bond donors (Lipinski definition) is 0. The van der Waals surface area contributed by atoms with Crippen LogP contribution in [-0.2, 0) is 13.0 Å². The topological polar surface area (TPSA) is 65.7 Å². The average Bonchev–Trinajstić information content (AvgIpc) is 2.83. The Labute approximate surface area is 204 Å². The Balaban J connectivity index is 1.62. The van der Waals surface area contributed by atoms with Gasteiger partial charge in [0.05, 0.1) is 24.2 Å². The van der Waals surface area contributed by atoms with E-state index < -0.39 is 0 Å². The first-order valence-corrected chi connectivity index (χ1v) is 11.5. The van der Waals surface area contributed by atoms with E-state index in [1.165, 1.54) is 4.68 Å². The maximum Gasteiger partial charge on any atom is 0.282 e. The molecule has 8 heteroatoms. The van der Waals surface area contributed by atoms with Crippen molar-refractivity contribution in [3.63, 3.8) is 0 Å². The molecule has 168 valence electrons. The van der Waals surface area contributed by atoms with Crippen molar-refractivity contribution in [2.45, 2.75) is 20.0 Å². The van der Waals surface area contributed by atoms with Crippen LogP contribution in [0.25, 0.3) is 10.9 Å². The van der Waals surface area contributed by atoms with Crippen LogP contribution >= 0.6 is 27.5 Å². The molecule has 0 N–H and O–H groups in total. The summed E-state index contributed by atoms with van der Waals surface area (Å²) in [6.45, 7) is 2.25. The molecule has 4 rings (SSSR count). The van der Waals surface area contributed by atoms with Crippen LogP contribution in [0.1, 0.15) is 23.9 Å². The van der Waals surface area contributed by atoms with Crippen LogP contribution in [-0.4, -0.2) is 23.0 Å². The first-order valence-electron chi connectivity index (χ1n) is 10.3. The van der Waals surface area contributed by atoms with E-state index in [1.54, 1.807) is 31.5 Å². The van der Waals surface area contributed by atoms with Gasteiger partial charge in [-0.25, -0.2) is 4.98 Å². The van der Waals surface area contributed by atoms with Gasteiger partial charge in [0.15, 0.2) is 11.5 Å². The molecule has 0 unspecified atom stereocenters. The highest BCUT2D eigenvalue weighted by Crippen LogP contribution is 2.29. The zero-order chi connectivity index (χ0) is 23.4. The van der Waals surface area contributed by atoms with E-state index in [9.17, 15) is 4.79 Å². The number of halogens is 2. The molecule has 0 amide bonds. The summed E-state index contributed by atoms with van der Waals surface area (Å²) in [6, 6.07) is 18.4. The van der Waals surface area contributed by atoms with E-state index in [1.807, 2.05) is 49.4 Å². The number of hydrogen-bond acceptors (Lipinski definition) is 5. The predicted octanol–water partition coefficient (Wildman–Crippen LogP) is 5.84. The highest BCUT2D eigenvalue weighted by Gasteiger charge is 2.11. The van der Waals surface area contributed by atoms with Crippen molar-refractivity contribution in [2.24, 2.45) is 5.10 Å². The molecule has 1 aromatic heterocycles. The molecule has 0 saturated heterocycles. The van der Waals surface area contributed by atoms with E-state index in [4.69, 9.17) is 21.1 Å². The molecule has 3 aromatic carbocycles. The lowest BCUT2D eigenvalue weighted by molar-refractivity contribution is 0.284. The Morgan fingerprint density at radius 1 is 1.12 bits per heavy atom. The number of methoxy groups -OCH3 is 1. The number of aryl methyl sites for hydroxylation is 1. The third-order valence-corrected chi connectivity index (χ3v) is 5.90. The number of ether oxygens (including phenoxy) is 2. The van der Waals surface area contributed by atoms with Gasteiger partial charge in [0.1, 0.15) is 12.4 Å². The van der Waals surface area contributed by atoms with E-state index in [0.29, 0.717) is 46.3 Å². The van der Waals surface area contributed by atoms with Crippen molar-refractivity contribution in [1.82, 2.24) is 9.66 Å². The smallest absolute Gasteiger partial charge is 0.282 e. The van der Waals surface area contributed by atoms with Crippen LogP contribution in [0.2, 0.25) is 5.02 Å². The zero-order valence-corrected chi connectivity index (χ0v) is 20.4. The quantitative estimate of drug-likeness (QED) is 0.284. The minimum atomic E-state index is -0.221. The summed E-state index contributed by atoms with van der Waals surface area (Å²) < 4.78 is 13.5. The molecule has 1 heterocycles. The number of nitrogens with zero attached hydrogens (tertiary/aromatic N) is 3. The largest absolute Gasteiger partial charge is 0.493 e.